The van der Waals surface area contributed by atoms with Gasteiger partial charge in [0.05, 0.1) is 6.21 Å². The molecule has 0 heterocycles. The van der Waals surface area contributed by atoms with Gasteiger partial charge in [-0.25, -0.2) is 5.43 Å². The molecule has 2 amide bonds. The Hall–Kier alpha value is -3.35. The molecule has 164 valence electrons. The van der Waals surface area contributed by atoms with Crippen molar-refractivity contribution < 1.29 is 14.3 Å². The monoisotopic (exact) mass is 469 g/mol. The smallest absolute Gasteiger partial charge is 0.271 e. The van der Waals surface area contributed by atoms with Crippen molar-refractivity contribution in [3.63, 3.8) is 0 Å². The Kier molecular flexibility index (Phi) is 7.87. The zero-order valence-electron chi connectivity index (χ0n) is 17.5. The predicted molar refractivity (Wildman–Crippen MR) is 128 cm³/mol. The van der Waals surface area contributed by atoms with Gasteiger partial charge in [-0.15, -0.1) is 0 Å². The first-order valence-electron chi connectivity index (χ1n) is 9.70. The molecule has 0 radical (unpaired) electrons. The maximum atomic E-state index is 12.2. The minimum Gasteiger partial charge on any atom is -0.483 e. The predicted octanol–water partition coefficient (Wildman–Crippen LogP) is 5.39. The third-order valence-corrected chi connectivity index (χ3v) is 5.11. The fourth-order valence-corrected chi connectivity index (χ4v) is 3.05. The van der Waals surface area contributed by atoms with E-state index in [1.807, 2.05) is 32.0 Å². The minimum atomic E-state index is -0.351. The molecule has 3 rings (SSSR count). The van der Waals surface area contributed by atoms with Gasteiger partial charge in [0, 0.05) is 26.9 Å². The lowest BCUT2D eigenvalue weighted by Gasteiger charge is -2.10. The molecule has 0 aliphatic carbocycles. The molecule has 0 saturated carbocycles. The molecular weight excluding hydrogens is 449 g/mol. The van der Waals surface area contributed by atoms with Gasteiger partial charge in [-0.1, -0.05) is 47.0 Å². The maximum Gasteiger partial charge on any atom is 0.271 e. The van der Waals surface area contributed by atoms with Gasteiger partial charge in [0.1, 0.15) is 5.75 Å². The van der Waals surface area contributed by atoms with E-state index >= 15 is 0 Å². The normalized spacial score (nSPS) is 10.8. The standard InChI is InChI=1S/C24H21Cl2N3O3/c1-15-3-6-17(7-4-15)24(31)29-27-13-18-11-19(25)8-10-22(18)32-14-23(30)28-20-9-5-16(2)21(26)12-20/h3-13H,14H2,1-2H3,(H,28,30)(H,29,31)/b27-13+. The summed E-state index contributed by atoms with van der Waals surface area (Å²) in [5, 5.41) is 7.73. The van der Waals surface area contributed by atoms with E-state index in [9.17, 15) is 9.59 Å². The second-order valence-electron chi connectivity index (χ2n) is 7.05. The van der Waals surface area contributed by atoms with Gasteiger partial charge < -0.3 is 10.1 Å². The van der Waals surface area contributed by atoms with Gasteiger partial charge in [-0.3, -0.25) is 9.59 Å². The molecule has 32 heavy (non-hydrogen) atoms. The van der Waals surface area contributed by atoms with E-state index in [2.05, 4.69) is 15.8 Å². The number of nitrogens with zero attached hydrogens (tertiary/aromatic N) is 1. The number of amides is 2. The van der Waals surface area contributed by atoms with Crippen LogP contribution >= 0.6 is 23.2 Å². The Bertz CT molecular complexity index is 1160. The zero-order valence-corrected chi connectivity index (χ0v) is 19.0. The minimum absolute atomic E-state index is 0.232. The third kappa shape index (κ3) is 6.57. The molecule has 0 spiro atoms. The number of hydrazone groups is 1. The number of rotatable bonds is 7. The van der Waals surface area contributed by atoms with Crippen LogP contribution in [0, 0.1) is 13.8 Å². The summed E-state index contributed by atoms with van der Waals surface area (Å²) >= 11 is 12.2. The molecule has 3 aromatic rings. The molecule has 0 bridgehead atoms. The van der Waals surface area contributed by atoms with Crippen LogP contribution in [0.25, 0.3) is 0 Å². The molecule has 6 nitrogen and oxygen atoms in total. The highest BCUT2D eigenvalue weighted by Gasteiger charge is 2.09. The molecule has 0 aliphatic rings. The number of halogens is 2. The van der Waals surface area contributed by atoms with Crippen LogP contribution in [0.3, 0.4) is 0 Å². The summed E-state index contributed by atoms with van der Waals surface area (Å²) in [6.45, 7) is 3.59. The number of carbonyl (C=O) groups is 2. The van der Waals surface area contributed by atoms with Gasteiger partial charge in [-0.2, -0.15) is 5.10 Å². The van der Waals surface area contributed by atoms with Crippen LogP contribution in [0.4, 0.5) is 5.69 Å². The van der Waals surface area contributed by atoms with E-state index in [1.54, 1.807) is 42.5 Å². The molecular formula is C24H21Cl2N3O3. The summed E-state index contributed by atoms with van der Waals surface area (Å²) in [5.74, 6) is -0.308. The van der Waals surface area contributed by atoms with Crippen LogP contribution in [0.15, 0.2) is 65.8 Å². The fourth-order valence-electron chi connectivity index (χ4n) is 2.69. The van der Waals surface area contributed by atoms with Crippen molar-refractivity contribution in [3.05, 3.63) is 93.0 Å². The van der Waals surface area contributed by atoms with E-state index in [4.69, 9.17) is 27.9 Å². The van der Waals surface area contributed by atoms with E-state index in [0.717, 1.165) is 11.1 Å². The quantitative estimate of drug-likeness (QED) is 0.359. The molecule has 2 N–H and O–H groups in total. The Balaban J connectivity index is 1.62. The average Bonchev–Trinajstić information content (AvgIpc) is 2.76. The van der Waals surface area contributed by atoms with Crippen molar-refractivity contribution in [3.8, 4) is 5.75 Å². The van der Waals surface area contributed by atoms with E-state index < -0.39 is 0 Å². The van der Waals surface area contributed by atoms with Gasteiger partial charge in [0.2, 0.25) is 0 Å². The zero-order chi connectivity index (χ0) is 23.1. The largest absolute Gasteiger partial charge is 0.483 e. The van der Waals surface area contributed by atoms with Crippen molar-refractivity contribution >= 4 is 46.9 Å². The van der Waals surface area contributed by atoms with Crippen LogP contribution in [0.5, 0.6) is 5.75 Å². The van der Waals surface area contributed by atoms with Crippen LogP contribution in [-0.2, 0) is 4.79 Å². The van der Waals surface area contributed by atoms with Crippen LogP contribution < -0.4 is 15.5 Å². The van der Waals surface area contributed by atoms with Crippen molar-refractivity contribution in [1.29, 1.82) is 0 Å². The lowest BCUT2D eigenvalue weighted by molar-refractivity contribution is -0.118. The summed E-state index contributed by atoms with van der Waals surface area (Å²) in [6, 6.07) is 17.3. The van der Waals surface area contributed by atoms with Crippen molar-refractivity contribution in [1.82, 2.24) is 5.43 Å². The first-order chi connectivity index (χ1) is 15.3. The number of hydrogen-bond donors (Lipinski definition) is 2. The van der Waals surface area contributed by atoms with Crippen LogP contribution in [0.2, 0.25) is 10.0 Å². The fraction of sp³-hybridized carbons (Fsp3) is 0.125. The second-order valence-corrected chi connectivity index (χ2v) is 7.89. The number of benzene rings is 3. The molecule has 0 atom stereocenters. The van der Waals surface area contributed by atoms with Crippen molar-refractivity contribution in [2.24, 2.45) is 5.10 Å². The Morgan fingerprint density at radius 3 is 2.47 bits per heavy atom. The molecule has 8 heteroatoms. The Labute approximate surface area is 196 Å². The van der Waals surface area contributed by atoms with Gasteiger partial charge in [-0.05, 0) is 61.9 Å². The topological polar surface area (TPSA) is 79.8 Å². The van der Waals surface area contributed by atoms with E-state index in [1.165, 1.54) is 6.21 Å². The first-order valence-corrected chi connectivity index (χ1v) is 10.5. The summed E-state index contributed by atoms with van der Waals surface area (Å²) in [6.07, 6.45) is 1.41. The number of aryl methyl sites for hydroxylation is 2. The Morgan fingerprint density at radius 2 is 1.75 bits per heavy atom. The molecule has 3 aromatic carbocycles. The van der Waals surface area contributed by atoms with Crippen LogP contribution in [-0.4, -0.2) is 24.6 Å². The number of carbonyl (C=O) groups excluding carboxylic acids is 2. The highest BCUT2D eigenvalue weighted by Crippen LogP contribution is 2.22. The van der Waals surface area contributed by atoms with Gasteiger partial charge in [0.25, 0.3) is 11.8 Å². The average molecular weight is 470 g/mol. The van der Waals surface area contributed by atoms with Crippen molar-refractivity contribution in [2.45, 2.75) is 13.8 Å². The summed E-state index contributed by atoms with van der Waals surface area (Å²) in [5.41, 5.74) is 6.01. The molecule has 0 fully saturated rings. The highest BCUT2D eigenvalue weighted by atomic mass is 35.5. The Morgan fingerprint density at radius 1 is 1.00 bits per heavy atom. The molecule has 0 aliphatic heterocycles. The number of ether oxygens (including phenoxy) is 1. The summed E-state index contributed by atoms with van der Waals surface area (Å²) in [4.78, 5) is 24.4. The summed E-state index contributed by atoms with van der Waals surface area (Å²) in [7, 11) is 0. The molecule has 0 saturated heterocycles. The third-order valence-electron chi connectivity index (χ3n) is 4.47. The number of anilines is 1. The van der Waals surface area contributed by atoms with Crippen LogP contribution in [0.1, 0.15) is 27.0 Å². The second kappa shape index (κ2) is 10.8. The van der Waals surface area contributed by atoms with Gasteiger partial charge >= 0.3 is 0 Å². The number of hydrogen-bond acceptors (Lipinski definition) is 4. The highest BCUT2D eigenvalue weighted by molar-refractivity contribution is 6.31. The van der Waals surface area contributed by atoms with E-state index in [-0.39, 0.29) is 18.4 Å². The SMILES string of the molecule is Cc1ccc(C(=O)N/N=C/c2cc(Cl)ccc2OCC(=O)Nc2ccc(C)c(Cl)c2)cc1. The number of nitrogens with one attached hydrogen (secondary N) is 2. The molecule has 0 unspecified atom stereocenters. The summed E-state index contributed by atoms with van der Waals surface area (Å²) < 4.78 is 5.63. The van der Waals surface area contributed by atoms with Gasteiger partial charge in [0.15, 0.2) is 6.61 Å². The van der Waals surface area contributed by atoms with Crippen molar-refractivity contribution in [2.75, 3.05) is 11.9 Å². The molecule has 0 aromatic heterocycles. The van der Waals surface area contributed by atoms with E-state index in [0.29, 0.717) is 32.6 Å². The maximum absolute atomic E-state index is 12.2. The first kappa shape index (κ1) is 23.3. The lowest BCUT2D eigenvalue weighted by atomic mass is 10.1. The lowest BCUT2D eigenvalue weighted by Crippen LogP contribution is -2.20.